The highest BCUT2D eigenvalue weighted by Gasteiger charge is 2.02. The third-order valence-corrected chi connectivity index (χ3v) is 2.62. The molecule has 0 aliphatic heterocycles. The van der Waals surface area contributed by atoms with Gasteiger partial charge in [-0.3, -0.25) is 4.79 Å². The van der Waals surface area contributed by atoms with E-state index in [1.54, 1.807) is 36.4 Å². The van der Waals surface area contributed by atoms with Gasteiger partial charge in [-0.1, -0.05) is 12.1 Å². The Morgan fingerprint density at radius 3 is 2.32 bits per heavy atom. The number of hydrogen-bond acceptors (Lipinski definition) is 4. The molecule has 4 N–H and O–H groups in total. The highest BCUT2D eigenvalue weighted by Crippen LogP contribution is 2.25. The fourth-order valence-corrected chi connectivity index (χ4v) is 1.56. The van der Waals surface area contributed by atoms with Crippen molar-refractivity contribution in [3.05, 3.63) is 59.7 Å². The van der Waals surface area contributed by atoms with Crippen LogP contribution in [-0.4, -0.2) is 16.0 Å². The van der Waals surface area contributed by atoms with Gasteiger partial charge in [-0.25, -0.2) is 0 Å². The monoisotopic (exact) mass is 255 g/mol. The minimum Gasteiger partial charge on any atom is -0.504 e. The molecule has 2 aromatic rings. The van der Waals surface area contributed by atoms with Crippen molar-refractivity contribution in [2.75, 3.05) is 5.73 Å². The highest BCUT2D eigenvalue weighted by molar-refractivity contribution is 6.06. The molecule has 0 aliphatic carbocycles. The zero-order chi connectivity index (χ0) is 13.8. The SMILES string of the molecule is Nc1ccc(C(=O)/C=C/c2ccc(O)c(O)c2)cc1. The average Bonchev–Trinajstić information content (AvgIpc) is 2.40. The van der Waals surface area contributed by atoms with Gasteiger partial charge < -0.3 is 15.9 Å². The number of benzene rings is 2. The molecule has 4 heteroatoms. The number of nitrogens with two attached hydrogens (primary N) is 1. The number of anilines is 1. The molecule has 0 saturated heterocycles. The lowest BCUT2D eigenvalue weighted by molar-refractivity contribution is 0.104. The molecule has 0 aliphatic rings. The molecule has 2 aromatic carbocycles. The fourth-order valence-electron chi connectivity index (χ4n) is 1.56. The topological polar surface area (TPSA) is 83.6 Å². The van der Waals surface area contributed by atoms with Gasteiger partial charge in [0.05, 0.1) is 0 Å². The maximum absolute atomic E-state index is 11.8. The first-order valence-corrected chi connectivity index (χ1v) is 5.66. The van der Waals surface area contributed by atoms with Crippen molar-refractivity contribution in [2.24, 2.45) is 0 Å². The largest absolute Gasteiger partial charge is 0.504 e. The Morgan fingerprint density at radius 1 is 1.00 bits per heavy atom. The number of aromatic hydroxyl groups is 2. The van der Waals surface area contributed by atoms with E-state index >= 15 is 0 Å². The van der Waals surface area contributed by atoms with Gasteiger partial charge >= 0.3 is 0 Å². The summed E-state index contributed by atoms with van der Waals surface area (Å²) >= 11 is 0. The number of carbonyl (C=O) groups is 1. The van der Waals surface area contributed by atoms with Gasteiger partial charge in [0.1, 0.15) is 0 Å². The van der Waals surface area contributed by atoms with Crippen molar-refractivity contribution >= 4 is 17.5 Å². The van der Waals surface area contributed by atoms with Crippen LogP contribution in [0.1, 0.15) is 15.9 Å². The maximum Gasteiger partial charge on any atom is 0.185 e. The van der Waals surface area contributed by atoms with Gasteiger partial charge in [-0.2, -0.15) is 0 Å². The molecular weight excluding hydrogens is 242 g/mol. The van der Waals surface area contributed by atoms with E-state index in [0.29, 0.717) is 16.8 Å². The van der Waals surface area contributed by atoms with Crippen LogP contribution in [0.25, 0.3) is 6.08 Å². The smallest absolute Gasteiger partial charge is 0.185 e. The van der Waals surface area contributed by atoms with Gasteiger partial charge in [0.25, 0.3) is 0 Å². The van der Waals surface area contributed by atoms with Crippen molar-refractivity contribution in [3.8, 4) is 11.5 Å². The van der Waals surface area contributed by atoms with Crippen LogP contribution in [0, 0.1) is 0 Å². The fraction of sp³-hybridized carbons (Fsp3) is 0. The number of ketones is 1. The molecule has 0 amide bonds. The van der Waals surface area contributed by atoms with Crippen molar-refractivity contribution in [1.82, 2.24) is 0 Å². The third kappa shape index (κ3) is 3.13. The number of nitrogen functional groups attached to an aromatic ring is 1. The molecule has 0 spiro atoms. The predicted molar refractivity (Wildman–Crippen MR) is 74.0 cm³/mol. The van der Waals surface area contributed by atoms with E-state index in [-0.39, 0.29) is 17.3 Å². The minimum absolute atomic E-state index is 0.160. The molecule has 0 aromatic heterocycles. The standard InChI is InChI=1S/C15H13NO3/c16-12-5-3-11(4-6-12)13(17)7-1-10-2-8-14(18)15(19)9-10/h1-9,18-19H,16H2/b7-1+. The zero-order valence-corrected chi connectivity index (χ0v) is 10.1. The molecular formula is C15H13NO3. The Balaban J connectivity index is 2.15. The summed E-state index contributed by atoms with van der Waals surface area (Å²) in [5, 5.41) is 18.5. The molecule has 0 radical (unpaired) electrons. The Bertz CT molecular complexity index is 630. The quantitative estimate of drug-likeness (QED) is 0.340. The Kier molecular flexibility index (Phi) is 3.52. The Labute approximate surface area is 110 Å². The molecule has 4 nitrogen and oxygen atoms in total. The molecule has 0 saturated carbocycles. The molecule has 2 rings (SSSR count). The van der Waals surface area contributed by atoms with Crippen molar-refractivity contribution in [2.45, 2.75) is 0 Å². The van der Waals surface area contributed by atoms with Crippen molar-refractivity contribution < 1.29 is 15.0 Å². The highest BCUT2D eigenvalue weighted by atomic mass is 16.3. The number of phenolic OH excluding ortho intramolecular Hbond substituents is 2. The van der Waals surface area contributed by atoms with Crippen LogP contribution < -0.4 is 5.73 Å². The summed E-state index contributed by atoms with van der Waals surface area (Å²) in [4.78, 5) is 11.8. The van der Waals surface area contributed by atoms with Gasteiger partial charge in [0.2, 0.25) is 0 Å². The lowest BCUT2D eigenvalue weighted by atomic mass is 10.1. The Morgan fingerprint density at radius 2 is 1.68 bits per heavy atom. The number of rotatable bonds is 3. The number of carbonyl (C=O) groups excluding carboxylic acids is 1. The third-order valence-electron chi connectivity index (χ3n) is 2.62. The van der Waals surface area contributed by atoms with E-state index in [4.69, 9.17) is 5.73 Å². The van der Waals surface area contributed by atoms with Crippen molar-refractivity contribution in [1.29, 1.82) is 0 Å². The van der Waals surface area contributed by atoms with Crippen LogP contribution in [0.15, 0.2) is 48.5 Å². The van der Waals surface area contributed by atoms with Crippen LogP contribution in [0.3, 0.4) is 0 Å². The van der Waals surface area contributed by atoms with E-state index in [1.165, 1.54) is 18.2 Å². The molecule has 0 bridgehead atoms. The summed E-state index contributed by atoms with van der Waals surface area (Å²) in [5.41, 5.74) is 7.30. The number of hydrogen-bond donors (Lipinski definition) is 3. The van der Waals surface area contributed by atoms with E-state index < -0.39 is 0 Å². The van der Waals surface area contributed by atoms with E-state index in [2.05, 4.69) is 0 Å². The summed E-state index contributed by atoms with van der Waals surface area (Å²) in [7, 11) is 0. The first-order valence-electron chi connectivity index (χ1n) is 5.66. The zero-order valence-electron chi connectivity index (χ0n) is 10.1. The molecule has 19 heavy (non-hydrogen) atoms. The lowest BCUT2D eigenvalue weighted by Gasteiger charge is -1.99. The second kappa shape index (κ2) is 5.27. The number of phenols is 2. The van der Waals surface area contributed by atoms with Crippen LogP contribution in [0.4, 0.5) is 5.69 Å². The molecule has 0 atom stereocenters. The molecule has 0 unspecified atom stereocenters. The number of allylic oxidation sites excluding steroid dienone is 1. The Hall–Kier alpha value is -2.75. The summed E-state index contributed by atoms with van der Waals surface area (Å²) in [6.07, 6.45) is 2.97. The van der Waals surface area contributed by atoms with E-state index in [0.717, 1.165) is 0 Å². The maximum atomic E-state index is 11.8. The second-order valence-corrected chi connectivity index (χ2v) is 4.07. The molecule has 0 heterocycles. The van der Waals surface area contributed by atoms with Crippen LogP contribution >= 0.6 is 0 Å². The summed E-state index contributed by atoms with van der Waals surface area (Å²) < 4.78 is 0. The first-order chi connectivity index (χ1) is 9.06. The minimum atomic E-state index is -0.220. The molecule has 96 valence electrons. The van der Waals surface area contributed by atoms with Gasteiger partial charge in [0.15, 0.2) is 17.3 Å². The van der Waals surface area contributed by atoms with Crippen LogP contribution in [0.2, 0.25) is 0 Å². The van der Waals surface area contributed by atoms with Crippen LogP contribution in [0.5, 0.6) is 11.5 Å². The van der Waals surface area contributed by atoms with Gasteiger partial charge in [-0.05, 0) is 48.0 Å². The predicted octanol–water partition coefficient (Wildman–Crippen LogP) is 2.58. The van der Waals surface area contributed by atoms with Crippen molar-refractivity contribution in [3.63, 3.8) is 0 Å². The first kappa shape index (κ1) is 12.7. The lowest BCUT2D eigenvalue weighted by Crippen LogP contribution is -1.94. The second-order valence-electron chi connectivity index (χ2n) is 4.07. The van der Waals surface area contributed by atoms with E-state index in [1.807, 2.05) is 0 Å². The summed E-state index contributed by atoms with van der Waals surface area (Å²) in [5.74, 6) is -0.573. The molecule has 0 fully saturated rings. The normalized spacial score (nSPS) is 10.7. The summed E-state index contributed by atoms with van der Waals surface area (Å²) in [6.45, 7) is 0. The van der Waals surface area contributed by atoms with E-state index in [9.17, 15) is 15.0 Å². The van der Waals surface area contributed by atoms with Gasteiger partial charge in [-0.15, -0.1) is 0 Å². The average molecular weight is 255 g/mol. The van der Waals surface area contributed by atoms with Gasteiger partial charge in [0, 0.05) is 11.3 Å². The van der Waals surface area contributed by atoms with Crippen LogP contribution in [-0.2, 0) is 0 Å². The summed E-state index contributed by atoms with van der Waals surface area (Å²) in [6, 6.07) is 11.0.